The van der Waals surface area contributed by atoms with Crippen molar-refractivity contribution in [2.75, 3.05) is 31.1 Å². The minimum atomic E-state index is -0.841. The fraction of sp³-hybridized carbons (Fsp3) is 0.421. The van der Waals surface area contributed by atoms with E-state index in [1.807, 2.05) is 30.2 Å². The van der Waals surface area contributed by atoms with Crippen LogP contribution in [0.5, 0.6) is 0 Å². The van der Waals surface area contributed by atoms with Crippen LogP contribution in [0.2, 0.25) is 0 Å². The summed E-state index contributed by atoms with van der Waals surface area (Å²) in [6.07, 6.45) is 4.18. The van der Waals surface area contributed by atoms with E-state index in [4.69, 9.17) is 5.11 Å². The first kappa shape index (κ1) is 18.0. The van der Waals surface area contributed by atoms with Gasteiger partial charge in [0.2, 0.25) is 0 Å². The van der Waals surface area contributed by atoms with Crippen LogP contribution in [0.4, 0.5) is 10.5 Å². The third-order valence-electron chi connectivity index (χ3n) is 4.73. The molecule has 0 radical (unpaired) electrons. The van der Waals surface area contributed by atoms with Crippen molar-refractivity contribution in [3.63, 3.8) is 0 Å². The number of hydrogen-bond donors (Lipinski definition) is 2. The van der Waals surface area contributed by atoms with Gasteiger partial charge in [-0.3, -0.25) is 9.78 Å². The van der Waals surface area contributed by atoms with Crippen molar-refractivity contribution in [3.05, 3.63) is 36.7 Å². The number of amides is 2. The minimum absolute atomic E-state index is 0.0690. The van der Waals surface area contributed by atoms with E-state index in [0.29, 0.717) is 19.5 Å². The average Bonchev–Trinajstić information content (AvgIpc) is 2.64. The van der Waals surface area contributed by atoms with Gasteiger partial charge in [-0.25, -0.2) is 4.79 Å². The summed E-state index contributed by atoms with van der Waals surface area (Å²) in [5, 5.41) is 13.7. The summed E-state index contributed by atoms with van der Waals surface area (Å²) in [6.45, 7) is 4.57. The van der Waals surface area contributed by atoms with Crippen molar-refractivity contribution in [1.82, 2.24) is 15.2 Å². The number of nitrogens with zero attached hydrogens (tertiary/aromatic N) is 3. The standard InChI is InChI=1S/C19H24N4O3/c1-14-13-22(17-5-2-4-15-12-20-9-7-16(15)17)10-11-23(14)19(26)21-8-3-6-18(24)25/h2,4-5,7,9,12,14H,3,6,8,10-11,13H2,1H3,(H,21,26)(H,24,25). The maximum Gasteiger partial charge on any atom is 0.317 e. The summed E-state index contributed by atoms with van der Waals surface area (Å²) in [7, 11) is 0. The van der Waals surface area contributed by atoms with Gasteiger partial charge in [-0.1, -0.05) is 12.1 Å². The highest BCUT2D eigenvalue weighted by atomic mass is 16.4. The fourth-order valence-corrected chi connectivity index (χ4v) is 3.40. The van der Waals surface area contributed by atoms with Crippen LogP contribution in [0.3, 0.4) is 0 Å². The molecule has 7 nitrogen and oxygen atoms in total. The highest BCUT2D eigenvalue weighted by Crippen LogP contribution is 2.28. The average molecular weight is 356 g/mol. The van der Waals surface area contributed by atoms with Crippen LogP contribution in [0.1, 0.15) is 19.8 Å². The number of hydrogen-bond acceptors (Lipinski definition) is 4. The Bertz CT molecular complexity index is 790. The van der Waals surface area contributed by atoms with E-state index in [9.17, 15) is 9.59 Å². The second kappa shape index (κ2) is 8.03. The van der Waals surface area contributed by atoms with E-state index in [1.54, 1.807) is 6.20 Å². The Morgan fingerprint density at radius 1 is 1.31 bits per heavy atom. The molecule has 2 amide bonds. The SMILES string of the molecule is CC1CN(c2cccc3cnccc23)CCN1C(=O)NCCCC(=O)O. The molecule has 1 fully saturated rings. The first-order valence-corrected chi connectivity index (χ1v) is 8.90. The van der Waals surface area contributed by atoms with Crippen LogP contribution in [0.15, 0.2) is 36.7 Å². The minimum Gasteiger partial charge on any atom is -0.481 e. The number of carboxylic acid groups (broad SMARTS) is 1. The van der Waals surface area contributed by atoms with Crippen molar-refractivity contribution >= 4 is 28.5 Å². The molecule has 2 heterocycles. The third-order valence-corrected chi connectivity index (χ3v) is 4.73. The lowest BCUT2D eigenvalue weighted by Gasteiger charge is -2.41. The van der Waals surface area contributed by atoms with Gasteiger partial charge in [-0.15, -0.1) is 0 Å². The van der Waals surface area contributed by atoms with Crippen LogP contribution in [0, 0.1) is 0 Å². The zero-order valence-electron chi connectivity index (χ0n) is 14.9. The zero-order chi connectivity index (χ0) is 18.5. The molecule has 2 aromatic rings. The van der Waals surface area contributed by atoms with Crippen LogP contribution in [-0.4, -0.2) is 59.2 Å². The Kier molecular flexibility index (Phi) is 5.55. The molecule has 26 heavy (non-hydrogen) atoms. The first-order valence-electron chi connectivity index (χ1n) is 8.90. The molecule has 3 rings (SSSR count). The van der Waals surface area contributed by atoms with E-state index in [2.05, 4.69) is 27.3 Å². The van der Waals surface area contributed by atoms with Gasteiger partial charge in [0.1, 0.15) is 0 Å². The largest absolute Gasteiger partial charge is 0.481 e. The normalized spacial score (nSPS) is 17.3. The monoisotopic (exact) mass is 356 g/mol. The molecule has 0 aliphatic carbocycles. The number of benzene rings is 1. The number of piperazine rings is 1. The number of aromatic nitrogens is 1. The molecule has 0 bridgehead atoms. The molecule has 1 unspecified atom stereocenters. The maximum atomic E-state index is 12.3. The second-order valence-electron chi connectivity index (χ2n) is 6.59. The van der Waals surface area contributed by atoms with Gasteiger partial charge >= 0.3 is 12.0 Å². The number of carbonyl (C=O) groups excluding carboxylic acids is 1. The molecule has 0 saturated carbocycles. The molecular formula is C19H24N4O3. The van der Waals surface area contributed by atoms with E-state index < -0.39 is 5.97 Å². The Labute approximate surface area is 152 Å². The summed E-state index contributed by atoms with van der Waals surface area (Å²) in [5.41, 5.74) is 1.17. The molecule has 0 spiro atoms. The van der Waals surface area contributed by atoms with Crippen molar-refractivity contribution in [2.24, 2.45) is 0 Å². The molecule has 1 aliphatic heterocycles. The van der Waals surface area contributed by atoms with Gasteiger partial charge in [0, 0.05) is 67.5 Å². The number of aliphatic carboxylic acids is 1. The number of fused-ring (bicyclic) bond motifs is 1. The van der Waals surface area contributed by atoms with Gasteiger partial charge in [0.25, 0.3) is 0 Å². The van der Waals surface area contributed by atoms with Crippen LogP contribution < -0.4 is 10.2 Å². The van der Waals surface area contributed by atoms with Gasteiger partial charge in [-0.05, 0) is 25.5 Å². The Morgan fingerprint density at radius 2 is 2.15 bits per heavy atom. The smallest absolute Gasteiger partial charge is 0.317 e. The van der Waals surface area contributed by atoms with Crippen molar-refractivity contribution in [1.29, 1.82) is 0 Å². The third kappa shape index (κ3) is 4.04. The Balaban J connectivity index is 1.61. The number of nitrogens with one attached hydrogen (secondary N) is 1. The van der Waals surface area contributed by atoms with Crippen molar-refractivity contribution < 1.29 is 14.7 Å². The Hall–Kier alpha value is -2.83. The van der Waals surface area contributed by atoms with Gasteiger partial charge < -0.3 is 20.2 Å². The van der Waals surface area contributed by atoms with E-state index >= 15 is 0 Å². The molecule has 1 aliphatic rings. The number of carbonyl (C=O) groups is 2. The van der Waals surface area contributed by atoms with Crippen molar-refractivity contribution in [3.8, 4) is 0 Å². The quantitative estimate of drug-likeness (QED) is 0.803. The number of urea groups is 1. The van der Waals surface area contributed by atoms with Gasteiger partial charge in [-0.2, -0.15) is 0 Å². The molecular weight excluding hydrogens is 332 g/mol. The van der Waals surface area contributed by atoms with Gasteiger partial charge in [0.15, 0.2) is 0 Å². The predicted molar refractivity (Wildman–Crippen MR) is 100 cm³/mol. The summed E-state index contributed by atoms with van der Waals surface area (Å²) in [6, 6.07) is 8.17. The second-order valence-corrected chi connectivity index (χ2v) is 6.59. The maximum absolute atomic E-state index is 12.3. The van der Waals surface area contributed by atoms with Crippen LogP contribution in [0.25, 0.3) is 10.8 Å². The lowest BCUT2D eigenvalue weighted by Crippen LogP contribution is -2.56. The highest BCUT2D eigenvalue weighted by Gasteiger charge is 2.28. The molecule has 1 atom stereocenters. The highest BCUT2D eigenvalue weighted by molar-refractivity contribution is 5.93. The summed E-state index contributed by atoms with van der Waals surface area (Å²) < 4.78 is 0. The molecule has 1 saturated heterocycles. The molecule has 138 valence electrons. The topological polar surface area (TPSA) is 85.8 Å². The summed E-state index contributed by atoms with van der Waals surface area (Å²) in [4.78, 5) is 31.2. The molecule has 1 aromatic heterocycles. The van der Waals surface area contributed by atoms with E-state index in [0.717, 1.165) is 18.5 Å². The van der Waals surface area contributed by atoms with Crippen LogP contribution >= 0.6 is 0 Å². The number of anilines is 1. The lowest BCUT2D eigenvalue weighted by atomic mass is 10.1. The number of carboxylic acids is 1. The molecule has 7 heteroatoms. The predicted octanol–water partition coefficient (Wildman–Crippen LogP) is 2.32. The summed E-state index contributed by atoms with van der Waals surface area (Å²) in [5.74, 6) is -0.841. The first-order chi connectivity index (χ1) is 12.6. The van der Waals surface area contributed by atoms with Crippen molar-refractivity contribution in [2.45, 2.75) is 25.8 Å². The van der Waals surface area contributed by atoms with Crippen LogP contribution in [-0.2, 0) is 4.79 Å². The molecule has 2 N–H and O–H groups in total. The van der Waals surface area contributed by atoms with E-state index in [1.165, 1.54) is 11.1 Å². The summed E-state index contributed by atoms with van der Waals surface area (Å²) >= 11 is 0. The lowest BCUT2D eigenvalue weighted by molar-refractivity contribution is -0.137. The zero-order valence-corrected chi connectivity index (χ0v) is 14.9. The molecule has 1 aromatic carbocycles. The Morgan fingerprint density at radius 3 is 2.92 bits per heavy atom. The number of rotatable bonds is 5. The van der Waals surface area contributed by atoms with E-state index in [-0.39, 0.29) is 18.5 Å². The number of pyridine rings is 1. The fourth-order valence-electron chi connectivity index (χ4n) is 3.40. The van der Waals surface area contributed by atoms with Gasteiger partial charge in [0.05, 0.1) is 0 Å².